The van der Waals surface area contributed by atoms with Crippen molar-refractivity contribution < 1.29 is 9.90 Å². The number of carbonyl (C=O) groups excluding carboxylic acids is 1. The van der Waals surface area contributed by atoms with Crippen LogP contribution in [0.1, 0.15) is 12.8 Å². The van der Waals surface area contributed by atoms with Crippen molar-refractivity contribution in [3.63, 3.8) is 0 Å². The van der Waals surface area contributed by atoms with Gasteiger partial charge in [-0.3, -0.25) is 4.79 Å². The zero-order chi connectivity index (χ0) is 11.5. The van der Waals surface area contributed by atoms with Crippen LogP contribution >= 0.6 is 0 Å². The molecular formula is C10H16N4O2. The van der Waals surface area contributed by atoms with Gasteiger partial charge in [-0.15, -0.1) is 0 Å². The van der Waals surface area contributed by atoms with Crippen molar-refractivity contribution in [2.45, 2.75) is 25.5 Å². The van der Waals surface area contributed by atoms with Crippen molar-refractivity contribution in [3.05, 3.63) is 12.7 Å². The Hall–Kier alpha value is -1.43. The minimum Gasteiger partial charge on any atom is -0.393 e. The van der Waals surface area contributed by atoms with Crippen LogP contribution in [0.2, 0.25) is 0 Å². The monoisotopic (exact) mass is 224 g/mol. The predicted octanol–water partition coefficient (Wildman–Crippen LogP) is -0.493. The second kappa shape index (κ2) is 4.61. The number of amides is 1. The van der Waals surface area contributed by atoms with Gasteiger partial charge in [-0.05, 0) is 18.8 Å². The first kappa shape index (κ1) is 11.1. The third kappa shape index (κ3) is 2.57. The lowest BCUT2D eigenvalue weighted by Crippen LogP contribution is -2.40. The van der Waals surface area contributed by atoms with E-state index < -0.39 is 0 Å². The van der Waals surface area contributed by atoms with Crippen molar-refractivity contribution in [1.29, 1.82) is 0 Å². The second-order valence-corrected chi connectivity index (χ2v) is 4.36. The Kier molecular flexibility index (Phi) is 3.19. The molecule has 0 bridgehead atoms. The molecule has 1 heterocycles. The quantitative estimate of drug-likeness (QED) is 0.749. The zero-order valence-corrected chi connectivity index (χ0v) is 9.28. The Bertz CT molecular complexity index is 346. The maximum Gasteiger partial charge on any atom is 0.244 e. The average Bonchev–Trinajstić information content (AvgIpc) is 2.68. The molecule has 1 aromatic rings. The van der Waals surface area contributed by atoms with Crippen LogP contribution < -0.4 is 0 Å². The molecule has 1 aromatic heterocycles. The molecule has 0 spiro atoms. The molecule has 0 aliphatic heterocycles. The van der Waals surface area contributed by atoms with Gasteiger partial charge in [0.2, 0.25) is 5.91 Å². The molecule has 0 atom stereocenters. The van der Waals surface area contributed by atoms with E-state index in [1.54, 1.807) is 11.9 Å². The number of aromatic nitrogens is 3. The maximum atomic E-state index is 11.7. The maximum absolute atomic E-state index is 11.7. The van der Waals surface area contributed by atoms with Crippen LogP contribution in [-0.4, -0.2) is 50.4 Å². The van der Waals surface area contributed by atoms with Crippen LogP contribution in [0.3, 0.4) is 0 Å². The smallest absolute Gasteiger partial charge is 0.244 e. The normalized spacial score (nSPS) is 23.9. The number of hydrogen-bond acceptors (Lipinski definition) is 4. The van der Waals surface area contributed by atoms with Gasteiger partial charge in [0, 0.05) is 13.6 Å². The molecule has 6 heteroatoms. The molecule has 1 amide bonds. The Morgan fingerprint density at radius 1 is 1.62 bits per heavy atom. The average molecular weight is 224 g/mol. The van der Waals surface area contributed by atoms with Crippen LogP contribution in [0.25, 0.3) is 0 Å². The fourth-order valence-corrected chi connectivity index (χ4v) is 1.91. The number of likely N-dealkylation sites (N-methyl/N-ethyl adjacent to an activating group) is 1. The summed E-state index contributed by atoms with van der Waals surface area (Å²) in [4.78, 5) is 17.2. The van der Waals surface area contributed by atoms with Gasteiger partial charge in [0.15, 0.2) is 0 Å². The molecule has 0 aromatic carbocycles. The van der Waals surface area contributed by atoms with E-state index in [4.69, 9.17) is 5.11 Å². The van der Waals surface area contributed by atoms with Gasteiger partial charge in [0.25, 0.3) is 0 Å². The van der Waals surface area contributed by atoms with Crippen LogP contribution in [0, 0.1) is 5.92 Å². The molecule has 1 aliphatic rings. The van der Waals surface area contributed by atoms with Crippen LogP contribution in [0.4, 0.5) is 0 Å². The van der Waals surface area contributed by atoms with E-state index in [1.165, 1.54) is 17.3 Å². The predicted molar refractivity (Wildman–Crippen MR) is 56.4 cm³/mol. The van der Waals surface area contributed by atoms with E-state index >= 15 is 0 Å². The summed E-state index contributed by atoms with van der Waals surface area (Å²) in [6.45, 7) is 0.941. The van der Waals surface area contributed by atoms with Crippen molar-refractivity contribution in [3.8, 4) is 0 Å². The van der Waals surface area contributed by atoms with Crippen LogP contribution in [0.15, 0.2) is 12.7 Å². The molecule has 0 unspecified atom stereocenters. The summed E-state index contributed by atoms with van der Waals surface area (Å²) in [6.07, 6.45) is 4.39. The number of hydrogen-bond donors (Lipinski definition) is 1. The van der Waals surface area contributed by atoms with Crippen LogP contribution in [-0.2, 0) is 11.3 Å². The van der Waals surface area contributed by atoms with Crippen molar-refractivity contribution >= 4 is 5.91 Å². The Balaban J connectivity index is 1.76. The highest BCUT2D eigenvalue weighted by atomic mass is 16.3. The van der Waals surface area contributed by atoms with Crippen molar-refractivity contribution in [2.75, 3.05) is 13.6 Å². The fourth-order valence-electron chi connectivity index (χ4n) is 1.91. The third-order valence-corrected chi connectivity index (χ3v) is 2.93. The lowest BCUT2D eigenvalue weighted by Gasteiger charge is -2.34. The van der Waals surface area contributed by atoms with Gasteiger partial charge in [-0.25, -0.2) is 9.67 Å². The minimum absolute atomic E-state index is 0.0203. The van der Waals surface area contributed by atoms with E-state index in [1.807, 2.05) is 0 Å². The largest absolute Gasteiger partial charge is 0.393 e. The highest BCUT2D eigenvalue weighted by Crippen LogP contribution is 2.27. The molecule has 2 rings (SSSR count). The summed E-state index contributed by atoms with van der Waals surface area (Å²) >= 11 is 0. The Morgan fingerprint density at radius 3 is 2.94 bits per heavy atom. The molecular weight excluding hydrogens is 208 g/mol. The highest BCUT2D eigenvalue weighted by Gasteiger charge is 2.28. The van der Waals surface area contributed by atoms with Gasteiger partial charge in [0.1, 0.15) is 19.2 Å². The molecule has 1 fully saturated rings. The first-order valence-electron chi connectivity index (χ1n) is 5.39. The third-order valence-electron chi connectivity index (χ3n) is 2.93. The van der Waals surface area contributed by atoms with E-state index in [9.17, 15) is 4.79 Å². The van der Waals surface area contributed by atoms with Gasteiger partial charge in [0.05, 0.1) is 6.10 Å². The van der Waals surface area contributed by atoms with Gasteiger partial charge in [-0.1, -0.05) is 0 Å². The van der Waals surface area contributed by atoms with Crippen molar-refractivity contribution in [1.82, 2.24) is 19.7 Å². The van der Waals surface area contributed by atoms with Crippen LogP contribution in [0.5, 0.6) is 0 Å². The number of rotatable bonds is 4. The summed E-state index contributed by atoms with van der Waals surface area (Å²) in [5, 5.41) is 13.0. The second-order valence-electron chi connectivity index (χ2n) is 4.36. The fraction of sp³-hybridized carbons (Fsp3) is 0.700. The summed E-state index contributed by atoms with van der Waals surface area (Å²) in [5.74, 6) is 0.464. The zero-order valence-electron chi connectivity index (χ0n) is 9.28. The van der Waals surface area contributed by atoms with Gasteiger partial charge in [-0.2, -0.15) is 5.10 Å². The molecule has 88 valence electrons. The van der Waals surface area contributed by atoms with E-state index in [2.05, 4.69) is 10.1 Å². The summed E-state index contributed by atoms with van der Waals surface area (Å²) in [7, 11) is 1.78. The number of aliphatic hydroxyl groups is 1. The van der Waals surface area contributed by atoms with E-state index in [0.29, 0.717) is 12.5 Å². The lowest BCUT2D eigenvalue weighted by molar-refractivity contribution is -0.132. The van der Waals surface area contributed by atoms with Gasteiger partial charge < -0.3 is 10.0 Å². The first-order chi connectivity index (χ1) is 7.65. The topological polar surface area (TPSA) is 71.2 Å². The lowest BCUT2D eigenvalue weighted by atomic mass is 9.82. The highest BCUT2D eigenvalue weighted by molar-refractivity contribution is 5.75. The molecule has 6 nitrogen and oxygen atoms in total. The molecule has 1 saturated carbocycles. The molecule has 1 N–H and O–H groups in total. The number of aliphatic hydroxyl groups excluding tert-OH is 1. The van der Waals surface area contributed by atoms with E-state index in [0.717, 1.165) is 12.8 Å². The molecule has 1 aliphatic carbocycles. The summed E-state index contributed by atoms with van der Waals surface area (Å²) in [6, 6.07) is 0. The summed E-state index contributed by atoms with van der Waals surface area (Å²) in [5.41, 5.74) is 0. The standard InChI is InChI=1S/C10H16N4O2/c1-13(4-8-2-9(15)3-8)10(16)5-14-7-11-6-12-14/h6-9,15H,2-5H2,1H3. The summed E-state index contributed by atoms with van der Waals surface area (Å²) < 4.78 is 1.51. The molecule has 0 radical (unpaired) electrons. The minimum atomic E-state index is -0.163. The number of nitrogens with zero attached hydrogens (tertiary/aromatic N) is 4. The first-order valence-corrected chi connectivity index (χ1v) is 5.39. The molecule has 0 saturated heterocycles. The SMILES string of the molecule is CN(CC1CC(O)C1)C(=O)Cn1cncn1. The Morgan fingerprint density at radius 2 is 2.38 bits per heavy atom. The number of carbonyl (C=O) groups is 1. The van der Waals surface area contributed by atoms with E-state index in [-0.39, 0.29) is 18.6 Å². The Labute approximate surface area is 93.9 Å². The van der Waals surface area contributed by atoms with Gasteiger partial charge >= 0.3 is 0 Å². The van der Waals surface area contributed by atoms with Crippen molar-refractivity contribution in [2.24, 2.45) is 5.92 Å². The molecule has 16 heavy (non-hydrogen) atoms.